The number of aromatic amines is 1. The lowest BCUT2D eigenvalue weighted by Crippen LogP contribution is -2.23. The van der Waals surface area contributed by atoms with E-state index in [1.807, 2.05) is 26.0 Å². The molecule has 6 heteroatoms. The first-order valence-electron chi connectivity index (χ1n) is 7.99. The summed E-state index contributed by atoms with van der Waals surface area (Å²) >= 11 is 5.14. The van der Waals surface area contributed by atoms with Crippen molar-refractivity contribution in [2.45, 2.75) is 32.9 Å². The Morgan fingerprint density at radius 1 is 1.50 bits per heavy atom. The lowest BCUT2D eigenvalue weighted by molar-refractivity contribution is 0.0949. The summed E-state index contributed by atoms with van der Waals surface area (Å²) in [5.41, 5.74) is 2.49. The van der Waals surface area contributed by atoms with Gasteiger partial charge in [-0.2, -0.15) is 0 Å². The molecule has 1 aromatic carbocycles. The molecule has 24 heavy (non-hydrogen) atoms. The molecule has 1 aliphatic heterocycles. The van der Waals surface area contributed by atoms with E-state index in [9.17, 15) is 4.79 Å². The second-order valence-electron chi connectivity index (χ2n) is 5.73. The Hall–Kier alpha value is -2.34. The number of fused-ring (bicyclic) bond motifs is 1. The van der Waals surface area contributed by atoms with E-state index >= 15 is 0 Å². The van der Waals surface area contributed by atoms with Gasteiger partial charge in [0.15, 0.2) is 0 Å². The first kappa shape index (κ1) is 16.5. The smallest absolute Gasteiger partial charge is 0.254 e. The van der Waals surface area contributed by atoms with E-state index in [-0.39, 0.29) is 12.0 Å². The van der Waals surface area contributed by atoms with Crippen molar-refractivity contribution in [1.82, 2.24) is 10.3 Å². The number of amides is 1. The van der Waals surface area contributed by atoms with Crippen LogP contribution in [0.3, 0.4) is 0 Å². The van der Waals surface area contributed by atoms with Gasteiger partial charge in [0.25, 0.3) is 5.91 Å². The van der Waals surface area contributed by atoms with Crippen LogP contribution in [-0.2, 0) is 13.0 Å². The van der Waals surface area contributed by atoms with E-state index < -0.39 is 0 Å². The number of carbonyl (C=O) groups excluding carboxylic acids is 1. The molecule has 0 saturated carbocycles. The van der Waals surface area contributed by atoms with Gasteiger partial charge in [0, 0.05) is 30.3 Å². The van der Waals surface area contributed by atoms with Crippen LogP contribution in [0.15, 0.2) is 30.5 Å². The molecule has 1 aromatic heterocycles. The first-order chi connectivity index (χ1) is 11.6. The van der Waals surface area contributed by atoms with Gasteiger partial charge >= 0.3 is 0 Å². The van der Waals surface area contributed by atoms with Crippen LogP contribution in [0.1, 0.15) is 35.3 Å². The zero-order chi connectivity index (χ0) is 17.1. The Morgan fingerprint density at radius 3 is 3.08 bits per heavy atom. The van der Waals surface area contributed by atoms with Crippen LogP contribution in [0.25, 0.3) is 0 Å². The monoisotopic (exact) mass is 344 g/mol. The molecule has 3 rings (SSSR count). The molecule has 1 amide bonds. The zero-order valence-electron chi connectivity index (χ0n) is 13.7. The highest BCUT2D eigenvalue weighted by atomic mass is 32.1. The second-order valence-corrected chi connectivity index (χ2v) is 6.14. The van der Waals surface area contributed by atoms with E-state index in [0.29, 0.717) is 23.4 Å². The Labute approximate surface area is 146 Å². The Morgan fingerprint density at radius 2 is 2.33 bits per heavy atom. The molecule has 0 spiro atoms. The quantitative estimate of drug-likeness (QED) is 0.816. The largest absolute Gasteiger partial charge is 0.494 e. The molecule has 126 valence electrons. The summed E-state index contributed by atoms with van der Waals surface area (Å²) in [4.78, 5) is 15.2. The highest BCUT2D eigenvalue weighted by Crippen LogP contribution is 2.35. The van der Waals surface area contributed by atoms with Crippen LogP contribution < -0.4 is 14.8 Å². The molecule has 0 aliphatic carbocycles. The SMILES string of the molecule is CCOc1cc2c(cc1CNC(=O)c1ccc[nH]c1=S)OC(C)C2. The van der Waals surface area contributed by atoms with Crippen molar-refractivity contribution in [1.29, 1.82) is 0 Å². The zero-order valence-corrected chi connectivity index (χ0v) is 14.5. The van der Waals surface area contributed by atoms with Crippen molar-refractivity contribution < 1.29 is 14.3 Å². The van der Waals surface area contributed by atoms with E-state index in [2.05, 4.69) is 10.3 Å². The molecule has 0 saturated heterocycles. The molecule has 1 unspecified atom stereocenters. The maximum Gasteiger partial charge on any atom is 0.254 e. The number of hydrogen-bond acceptors (Lipinski definition) is 4. The fraction of sp³-hybridized carbons (Fsp3) is 0.333. The minimum Gasteiger partial charge on any atom is -0.494 e. The summed E-state index contributed by atoms with van der Waals surface area (Å²) < 4.78 is 11.9. The Balaban J connectivity index is 1.79. The van der Waals surface area contributed by atoms with Crippen molar-refractivity contribution >= 4 is 18.1 Å². The number of H-pyrrole nitrogens is 1. The van der Waals surface area contributed by atoms with Gasteiger partial charge < -0.3 is 19.8 Å². The van der Waals surface area contributed by atoms with Gasteiger partial charge in [0.05, 0.1) is 12.2 Å². The number of nitrogens with one attached hydrogen (secondary N) is 2. The summed E-state index contributed by atoms with van der Waals surface area (Å²) in [5, 5.41) is 2.90. The van der Waals surface area contributed by atoms with Crippen LogP contribution in [-0.4, -0.2) is 23.6 Å². The number of ether oxygens (including phenoxy) is 2. The third kappa shape index (κ3) is 3.43. The number of aromatic nitrogens is 1. The fourth-order valence-electron chi connectivity index (χ4n) is 2.78. The normalized spacial score (nSPS) is 15.5. The third-order valence-corrected chi connectivity index (χ3v) is 4.22. The number of pyridine rings is 1. The van der Waals surface area contributed by atoms with Crippen LogP contribution in [0.4, 0.5) is 0 Å². The predicted molar refractivity (Wildman–Crippen MR) is 94.2 cm³/mol. The van der Waals surface area contributed by atoms with E-state index in [0.717, 1.165) is 29.0 Å². The maximum absolute atomic E-state index is 12.3. The highest BCUT2D eigenvalue weighted by Gasteiger charge is 2.22. The van der Waals surface area contributed by atoms with Crippen molar-refractivity contribution in [3.8, 4) is 11.5 Å². The average molecular weight is 344 g/mol. The number of rotatable bonds is 5. The highest BCUT2D eigenvalue weighted by molar-refractivity contribution is 7.71. The topological polar surface area (TPSA) is 63.3 Å². The minimum atomic E-state index is -0.214. The molecule has 2 aromatic rings. The minimum absolute atomic E-state index is 0.168. The van der Waals surface area contributed by atoms with Gasteiger partial charge in [0.1, 0.15) is 22.2 Å². The van der Waals surface area contributed by atoms with Crippen molar-refractivity contribution in [3.05, 3.63) is 51.8 Å². The first-order valence-corrected chi connectivity index (χ1v) is 8.40. The summed E-state index contributed by atoms with van der Waals surface area (Å²) in [6.45, 7) is 4.90. The Bertz CT molecular complexity index is 816. The van der Waals surface area contributed by atoms with Crippen LogP contribution in [0.2, 0.25) is 0 Å². The van der Waals surface area contributed by atoms with Crippen LogP contribution >= 0.6 is 12.2 Å². The van der Waals surface area contributed by atoms with Crippen LogP contribution in [0, 0.1) is 4.64 Å². The molecular weight excluding hydrogens is 324 g/mol. The van der Waals surface area contributed by atoms with Gasteiger partial charge in [-0.1, -0.05) is 12.2 Å². The molecule has 5 nitrogen and oxygen atoms in total. The summed E-state index contributed by atoms with van der Waals surface area (Å²) in [7, 11) is 0. The van der Waals surface area contributed by atoms with Crippen molar-refractivity contribution in [2.24, 2.45) is 0 Å². The number of hydrogen-bond donors (Lipinski definition) is 2. The lowest BCUT2D eigenvalue weighted by Gasteiger charge is -2.13. The average Bonchev–Trinajstić information content (AvgIpc) is 2.92. The number of benzene rings is 1. The van der Waals surface area contributed by atoms with E-state index in [1.54, 1.807) is 18.3 Å². The molecule has 2 N–H and O–H groups in total. The molecule has 1 atom stereocenters. The second kappa shape index (κ2) is 7.05. The molecular formula is C18H20N2O3S. The standard InChI is InChI=1S/C18H20N2O3S/c1-3-22-15-8-12-7-11(2)23-16(12)9-13(15)10-20-17(21)14-5-4-6-19-18(14)24/h4-6,8-9,11H,3,7,10H2,1-2H3,(H,19,24)(H,20,21). The predicted octanol–water partition coefficient (Wildman–Crippen LogP) is 3.40. The van der Waals surface area contributed by atoms with Gasteiger partial charge in [0.2, 0.25) is 0 Å². The molecule has 0 fully saturated rings. The van der Waals surface area contributed by atoms with E-state index in [4.69, 9.17) is 21.7 Å². The molecule has 0 radical (unpaired) electrons. The third-order valence-electron chi connectivity index (χ3n) is 3.88. The van der Waals surface area contributed by atoms with Crippen LogP contribution in [0.5, 0.6) is 11.5 Å². The summed E-state index contributed by atoms with van der Waals surface area (Å²) in [6.07, 6.45) is 2.74. The lowest BCUT2D eigenvalue weighted by atomic mass is 10.1. The Kier molecular flexibility index (Phi) is 4.85. The van der Waals surface area contributed by atoms with Gasteiger partial charge in [-0.05, 0) is 38.1 Å². The van der Waals surface area contributed by atoms with Crippen molar-refractivity contribution in [2.75, 3.05) is 6.61 Å². The molecule has 2 heterocycles. The molecule has 1 aliphatic rings. The summed E-state index contributed by atoms with van der Waals surface area (Å²) in [6, 6.07) is 7.42. The summed E-state index contributed by atoms with van der Waals surface area (Å²) in [5.74, 6) is 1.44. The molecule has 0 bridgehead atoms. The van der Waals surface area contributed by atoms with Gasteiger partial charge in [-0.3, -0.25) is 4.79 Å². The maximum atomic E-state index is 12.3. The number of carbonyl (C=O) groups is 1. The van der Waals surface area contributed by atoms with Gasteiger partial charge in [-0.25, -0.2) is 0 Å². The van der Waals surface area contributed by atoms with Crippen molar-refractivity contribution in [3.63, 3.8) is 0 Å². The fourth-order valence-corrected chi connectivity index (χ4v) is 3.01. The van der Waals surface area contributed by atoms with Gasteiger partial charge in [-0.15, -0.1) is 0 Å². The van der Waals surface area contributed by atoms with E-state index in [1.165, 1.54) is 0 Å².